The van der Waals surface area contributed by atoms with Gasteiger partial charge in [0.15, 0.2) is 0 Å². The molecule has 4 aromatic rings. The van der Waals surface area contributed by atoms with Gasteiger partial charge in [-0.3, -0.25) is 9.59 Å². The third-order valence-electron chi connectivity index (χ3n) is 10.3. The molecule has 256 valence electrons. The average molecular weight is 675 g/mol. The summed E-state index contributed by atoms with van der Waals surface area (Å²) < 4.78 is 10.9. The molecule has 8 rings (SSSR count). The first kappa shape index (κ1) is 32.9. The van der Waals surface area contributed by atoms with Crippen LogP contribution in [0.5, 0.6) is 0 Å². The van der Waals surface area contributed by atoms with Crippen molar-refractivity contribution >= 4 is 24.1 Å². The van der Waals surface area contributed by atoms with Crippen molar-refractivity contribution in [3.63, 3.8) is 0 Å². The van der Waals surface area contributed by atoms with E-state index >= 15 is 0 Å². The van der Waals surface area contributed by atoms with Crippen molar-refractivity contribution < 1.29 is 38.9 Å². The van der Waals surface area contributed by atoms with Crippen LogP contribution in [0, 0.1) is 11.8 Å². The molecule has 4 N–H and O–H groups in total. The molecular formula is C40H38N2O8. The standard InChI is InChI=1S/2C20H19NO4/c2*22-19(23)12-9-13(10-12)21-20(24)25-11-18-16-7-3-1-5-14(16)15-6-2-4-8-17(15)18/h2*1-8,12-13,18H,9-11H2,(H,21,24)(H,22,23). The maximum atomic E-state index is 12.0. The zero-order chi connectivity index (χ0) is 34.8. The molecule has 2 saturated carbocycles. The van der Waals surface area contributed by atoms with Gasteiger partial charge in [-0.05, 0) is 70.2 Å². The van der Waals surface area contributed by atoms with Crippen molar-refractivity contribution in [2.75, 3.05) is 13.2 Å². The topological polar surface area (TPSA) is 151 Å². The molecule has 10 heteroatoms. The van der Waals surface area contributed by atoms with E-state index in [1.165, 1.54) is 44.5 Å². The van der Waals surface area contributed by atoms with E-state index in [0.29, 0.717) is 25.7 Å². The molecule has 0 bridgehead atoms. The van der Waals surface area contributed by atoms with Crippen LogP contribution in [0.15, 0.2) is 97.1 Å². The highest BCUT2D eigenvalue weighted by molar-refractivity contribution is 5.80. The minimum atomic E-state index is -0.800. The highest BCUT2D eigenvalue weighted by Gasteiger charge is 2.37. The van der Waals surface area contributed by atoms with Crippen molar-refractivity contribution in [1.29, 1.82) is 0 Å². The largest absolute Gasteiger partial charge is 0.481 e. The molecule has 0 saturated heterocycles. The van der Waals surface area contributed by atoms with Gasteiger partial charge in [0.1, 0.15) is 13.2 Å². The Morgan fingerprint density at radius 1 is 0.500 bits per heavy atom. The highest BCUT2D eigenvalue weighted by atomic mass is 16.6. The normalized spacial score (nSPS) is 21.0. The molecule has 0 spiro atoms. The maximum absolute atomic E-state index is 12.0. The Kier molecular flexibility index (Phi) is 9.25. The smallest absolute Gasteiger partial charge is 0.407 e. The summed E-state index contributed by atoms with van der Waals surface area (Å²) in [5.41, 5.74) is 9.45. The number of alkyl carbamates (subject to hydrolysis) is 2. The summed E-state index contributed by atoms with van der Waals surface area (Å²) in [5, 5.41) is 23.2. The van der Waals surface area contributed by atoms with E-state index in [4.69, 9.17) is 19.7 Å². The van der Waals surface area contributed by atoms with Gasteiger partial charge in [-0.1, -0.05) is 97.1 Å². The van der Waals surface area contributed by atoms with Crippen LogP contribution in [0.25, 0.3) is 22.3 Å². The Morgan fingerprint density at radius 2 is 0.780 bits per heavy atom. The lowest BCUT2D eigenvalue weighted by Gasteiger charge is -2.32. The Bertz CT molecular complexity index is 1700. The molecule has 0 aliphatic heterocycles. The van der Waals surface area contributed by atoms with Crippen LogP contribution in [0.3, 0.4) is 0 Å². The van der Waals surface area contributed by atoms with Crippen LogP contribution in [-0.4, -0.2) is 59.6 Å². The number of amides is 2. The van der Waals surface area contributed by atoms with E-state index in [9.17, 15) is 19.2 Å². The van der Waals surface area contributed by atoms with E-state index in [-0.39, 0.29) is 49.0 Å². The number of carbonyl (C=O) groups is 4. The van der Waals surface area contributed by atoms with Crippen molar-refractivity contribution in [2.45, 2.75) is 49.6 Å². The number of rotatable bonds is 8. The average Bonchev–Trinajstić information content (AvgIpc) is 3.58. The summed E-state index contributed by atoms with van der Waals surface area (Å²) in [6.45, 7) is 0.546. The van der Waals surface area contributed by atoms with Gasteiger partial charge < -0.3 is 30.3 Å². The SMILES string of the molecule is O=C(NC1CC(C(=O)O)C1)OCC1c2ccccc2-c2ccccc21.O=C(NC1CC(C(=O)O)C1)OCC1c2ccccc2-c2ccccc21. The van der Waals surface area contributed by atoms with Crippen LogP contribution >= 0.6 is 0 Å². The van der Waals surface area contributed by atoms with E-state index in [1.807, 2.05) is 48.5 Å². The molecule has 2 amide bonds. The summed E-state index contributed by atoms with van der Waals surface area (Å²) in [7, 11) is 0. The van der Waals surface area contributed by atoms with Crippen molar-refractivity contribution in [3.8, 4) is 22.3 Å². The number of benzene rings is 4. The number of aliphatic carboxylic acids is 2. The van der Waals surface area contributed by atoms with Gasteiger partial charge >= 0.3 is 24.1 Å². The predicted molar refractivity (Wildman–Crippen MR) is 185 cm³/mol. The number of carboxylic acids is 2. The summed E-state index contributed by atoms with van der Waals surface area (Å²) in [5.74, 6) is -2.23. The molecule has 4 aromatic carbocycles. The van der Waals surface area contributed by atoms with Gasteiger partial charge in [-0.25, -0.2) is 9.59 Å². The molecule has 0 unspecified atom stereocenters. The Balaban J connectivity index is 0.000000157. The summed E-state index contributed by atoms with van der Waals surface area (Å²) in [4.78, 5) is 45.7. The van der Waals surface area contributed by atoms with Crippen LogP contribution < -0.4 is 10.6 Å². The quantitative estimate of drug-likeness (QED) is 0.160. The Labute approximate surface area is 289 Å². The molecule has 0 atom stereocenters. The fourth-order valence-corrected chi connectivity index (χ4v) is 7.49. The lowest BCUT2D eigenvalue weighted by Crippen LogP contribution is -2.47. The fourth-order valence-electron chi connectivity index (χ4n) is 7.49. The van der Waals surface area contributed by atoms with Gasteiger partial charge in [0.25, 0.3) is 0 Å². The molecule has 4 aliphatic rings. The lowest BCUT2D eigenvalue weighted by atomic mass is 9.80. The van der Waals surface area contributed by atoms with Gasteiger partial charge in [0, 0.05) is 23.9 Å². The van der Waals surface area contributed by atoms with Gasteiger partial charge in [-0.15, -0.1) is 0 Å². The first-order valence-electron chi connectivity index (χ1n) is 17.0. The number of hydrogen-bond acceptors (Lipinski definition) is 6. The third-order valence-corrected chi connectivity index (χ3v) is 10.3. The van der Waals surface area contributed by atoms with E-state index in [2.05, 4.69) is 59.2 Å². The van der Waals surface area contributed by atoms with E-state index in [1.54, 1.807) is 0 Å². The van der Waals surface area contributed by atoms with Crippen molar-refractivity contribution in [2.24, 2.45) is 11.8 Å². The molecule has 4 aliphatic carbocycles. The number of nitrogens with one attached hydrogen (secondary N) is 2. The summed E-state index contributed by atoms with van der Waals surface area (Å²) >= 11 is 0. The predicted octanol–water partition coefficient (Wildman–Crippen LogP) is 6.78. The number of ether oxygens (including phenoxy) is 2. The second-order valence-electron chi connectivity index (χ2n) is 13.3. The van der Waals surface area contributed by atoms with Crippen LogP contribution in [0.1, 0.15) is 59.8 Å². The van der Waals surface area contributed by atoms with Crippen LogP contribution in [-0.2, 0) is 19.1 Å². The first-order chi connectivity index (χ1) is 24.3. The Morgan fingerprint density at radius 3 is 1.06 bits per heavy atom. The van der Waals surface area contributed by atoms with Crippen molar-refractivity contribution in [3.05, 3.63) is 119 Å². The third kappa shape index (κ3) is 6.65. The molecule has 2 fully saturated rings. The monoisotopic (exact) mass is 674 g/mol. The minimum absolute atomic E-state index is 0.0336. The molecular weight excluding hydrogens is 636 g/mol. The number of carboxylic acid groups (broad SMARTS) is 2. The van der Waals surface area contributed by atoms with E-state index in [0.717, 1.165) is 0 Å². The molecule has 10 nitrogen and oxygen atoms in total. The maximum Gasteiger partial charge on any atom is 0.407 e. The fraction of sp³-hybridized carbons (Fsp3) is 0.300. The minimum Gasteiger partial charge on any atom is -0.481 e. The van der Waals surface area contributed by atoms with Gasteiger partial charge in [0.2, 0.25) is 0 Å². The number of carbonyl (C=O) groups excluding carboxylic acids is 2. The number of fused-ring (bicyclic) bond motifs is 6. The zero-order valence-electron chi connectivity index (χ0n) is 27.3. The second-order valence-corrected chi connectivity index (χ2v) is 13.3. The lowest BCUT2D eigenvalue weighted by molar-refractivity contribution is -0.146. The molecule has 0 heterocycles. The molecule has 50 heavy (non-hydrogen) atoms. The second kappa shape index (κ2) is 14.1. The summed E-state index contributed by atoms with van der Waals surface area (Å²) in [6.07, 6.45) is 0.935. The molecule has 0 aromatic heterocycles. The van der Waals surface area contributed by atoms with Crippen LogP contribution in [0.2, 0.25) is 0 Å². The Hall–Kier alpha value is -5.64. The van der Waals surface area contributed by atoms with Gasteiger partial charge in [-0.2, -0.15) is 0 Å². The summed E-state index contributed by atoms with van der Waals surface area (Å²) in [6, 6.07) is 32.5. The zero-order valence-corrected chi connectivity index (χ0v) is 27.3. The van der Waals surface area contributed by atoms with Crippen LogP contribution in [0.4, 0.5) is 9.59 Å². The first-order valence-corrected chi connectivity index (χ1v) is 17.0. The van der Waals surface area contributed by atoms with Gasteiger partial charge in [0.05, 0.1) is 11.8 Å². The highest BCUT2D eigenvalue weighted by Crippen LogP contribution is 2.45. The number of hydrogen-bond donors (Lipinski definition) is 4. The van der Waals surface area contributed by atoms with Crippen molar-refractivity contribution in [1.82, 2.24) is 10.6 Å². The molecule has 0 radical (unpaired) electrons. The van der Waals surface area contributed by atoms with E-state index < -0.39 is 24.1 Å².